The number of aromatic nitrogens is 2. The molecule has 0 unspecified atom stereocenters. The van der Waals surface area contributed by atoms with E-state index in [9.17, 15) is 4.79 Å². The van der Waals surface area contributed by atoms with Gasteiger partial charge in [0.2, 0.25) is 0 Å². The van der Waals surface area contributed by atoms with E-state index in [1.807, 2.05) is 25.1 Å². The van der Waals surface area contributed by atoms with Gasteiger partial charge in [-0.25, -0.2) is 4.68 Å². The van der Waals surface area contributed by atoms with Crippen LogP contribution < -0.4 is 5.32 Å². The summed E-state index contributed by atoms with van der Waals surface area (Å²) in [6.45, 7) is 1.85. The quantitative estimate of drug-likeness (QED) is 0.659. The second kappa shape index (κ2) is 8.32. The molecule has 2 aromatic carbocycles. The van der Waals surface area contributed by atoms with E-state index in [1.165, 1.54) is 37.7 Å². The summed E-state index contributed by atoms with van der Waals surface area (Å²) in [6.07, 6.45) is 6.46. The van der Waals surface area contributed by atoms with Crippen molar-refractivity contribution in [1.82, 2.24) is 9.78 Å². The highest BCUT2D eigenvalue weighted by atomic mass is 16.2. The van der Waals surface area contributed by atoms with Crippen LogP contribution in [0.25, 0.3) is 5.69 Å². The average molecular weight is 384 g/mol. The zero-order valence-corrected chi connectivity index (χ0v) is 16.6. The number of aryl methyl sites for hydroxylation is 1. The van der Waals surface area contributed by atoms with Gasteiger partial charge in [-0.15, -0.1) is 0 Å². The van der Waals surface area contributed by atoms with Crippen LogP contribution in [0.5, 0.6) is 0 Å². The molecule has 0 radical (unpaired) electrons. The van der Waals surface area contributed by atoms with Crippen molar-refractivity contribution in [2.45, 2.75) is 44.9 Å². The van der Waals surface area contributed by atoms with E-state index in [0.717, 1.165) is 11.4 Å². The van der Waals surface area contributed by atoms with E-state index >= 15 is 0 Å². The molecule has 0 saturated heterocycles. The Labute approximate surface area is 171 Å². The fraction of sp³-hybridized carbons (Fsp3) is 0.292. The summed E-state index contributed by atoms with van der Waals surface area (Å²) >= 11 is 0. The molecule has 1 saturated carbocycles. The molecule has 5 nitrogen and oxygen atoms in total. The van der Waals surface area contributed by atoms with Crippen molar-refractivity contribution in [2.75, 3.05) is 5.32 Å². The summed E-state index contributed by atoms with van der Waals surface area (Å²) in [6, 6.07) is 19.2. The molecule has 1 aliphatic carbocycles. The molecular weight excluding hydrogens is 360 g/mol. The first-order valence-corrected chi connectivity index (χ1v) is 10.1. The largest absolute Gasteiger partial charge is 0.321 e. The maximum absolute atomic E-state index is 12.9. The minimum absolute atomic E-state index is 0.224. The zero-order chi connectivity index (χ0) is 20.2. The Hall–Kier alpha value is -3.39. The van der Waals surface area contributed by atoms with Crippen molar-refractivity contribution in [3.8, 4) is 11.8 Å². The van der Waals surface area contributed by atoms with Gasteiger partial charge in [-0.2, -0.15) is 10.4 Å². The van der Waals surface area contributed by atoms with Gasteiger partial charge in [0.05, 0.1) is 23.0 Å². The zero-order valence-electron chi connectivity index (χ0n) is 16.6. The Morgan fingerprint density at radius 2 is 1.86 bits per heavy atom. The van der Waals surface area contributed by atoms with Crippen LogP contribution in [0.2, 0.25) is 0 Å². The number of carbonyl (C=O) groups is 1. The van der Waals surface area contributed by atoms with Crippen molar-refractivity contribution in [3.05, 3.63) is 77.1 Å². The number of carbonyl (C=O) groups excluding carboxylic acids is 1. The van der Waals surface area contributed by atoms with E-state index in [2.05, 4.69) is 28.6 Å². The maximum atomic E-state index is 12.9. The lowest BCUT2D eigenvalue weighted by Crippen LogP contribution is -2.17. The molecule has 1 amide bonds. The fourth-order valence-electron chi connectivity index (χ4n) is 4.03. The molecule has 1 N–H and O–H groups in total. The highest BCUT2D eigenvalue weighted by Gasteiger charge is 2.18. The third-order valence-corrected chi connectivity index (χ3v) is 5.53. The topological polar surface area (TPSA) is 70.7 Å². The molecular formula is C24H24N4O. The third kappa shape index (κ3) is 4.22. The molecule has 1 aliphatic rings. The van der Waals surface area contributed by atoms with Gasteiger partial charge in [0.1, 0.15) is 5.69 Å². The molecule has 29 heavy (non-hydrogen) atoms. The van der Waals surface area contributed by atoms with Gasteiger partial charge in [-0.05, 0) is 67.6 Å². The summed E-state index contributed by atoms with van der Waals surface area (Å²) in [5.41, 5.74) is 4.53. The lowest BCUT2D eigenvalue weighted by Gasteiger charge is -2.22. The molecule has 1 heterocycles. The molecule has 0 spiro atoms. The molecule has 4 rings (SSSR count). The van der Waals surface area contributed by atoms with Crippen molar-refractivity contribution in [2.24, 2.45) is 0 Å². The highest BCUT2D eigenvalue weighted by molar-refractivity contribution is 6.03. The van der Waals surface area contributed by atoms with Crippen LogP contribution >= 0.6 is 0 Å². The average Bonchev–Trinajstić information content (AvgIpc) is 3.17. The number of nitrogens with one attached hydrogen (secondary N) is 1. The Morgan fingerprint density at radius 3 is 2.59 bits per heavy atom. The predicted molar refractivity (Wildman–Crippen MR) is 113 cm³/mol. The summed E-state index contributed by atoms with van der Waals surface area (Å²) in [5, 5.41) is 16.6. The molecule has 146 valence electrons. The maximum Gasteiger partial charge on any atom is 0.274 e. The van der Waals surface area contributed by atoms with Crippen LogP contribution in [-0.4, -0.2) is 15.7 Å². The van der Waals surface area contributed by atoms with Gasteiger partial charge in [0.15, 0.2) is 0 Å². The van der Waals surface area contributed by atoms with Crippen LogP contribution in [0.1, 0.15) is 65.3 Å². The van der Waals surface area contributed by atoms with Crippen molar-refractivity contribution < 1.29 is 4.79 Å². The SMILES string of the molecule is Cc1cc(C(=O)Nc2ccc(C3CCCCC3)cc2)n(-c2cccc(C#N)c2)n1. The molecule has 3 aromatic rings. The van der Waals surface area contributed by atoms with Gasteiger partial charge in [0, 0.05) is 5.69 Å². The van der Waals surface area contributed by atoms with Crippen molar-refractivity contribution >= 4 is 11.6 Å². The first kappa shape index (κ1) is 18.9. The second-order valence-electron chi connectivity index (χ2n) is 7.66. The monoisotopic (exact) mass is 384 g/mol. The first-order valence-electron chi connectivity index (χ1n) is 10.1. The standard InChI is InChI=1S/C24H24N4O/c1-17-14-23(28(27-17)22-9-5-6-18(15-22)16-25)24(29)26-21-12-10-20(11-13-21)19-7-3-2-4-8-19/h5-6,9-15,19H,2-4,7-8H2,1H3,(H,26,29). The molecule has 0 atom stereocenters. The van der Waals surface area contributed by atoms with Crippen LogP contribution in [0.4, 0.5) is 5.69 Å². The van der Waals surface area contributed by atoms with Crippen LogP contribution in [0.3, 0.4) is 0 Å². The van der Waals surface area contributed by atoms with E-state index in [-0.39, 0.29) is 5.91 Å². The molecule has 1 fully saturated rings. The second-order valence-corrected chi connectivity index (χ2v) is 7.66. The number of rotatable bonds is 4. The lowest BCUT2D eigenvalue weighted by atomic mass is 9.84. The minimum atomic E-state index is -0.224. The first-order chi connectivity index (χ1) is 14.1. The summed E-state index contributed by atoms with van der Waals surface area (Å²) in [4.78, 5) is 12.9. The Kier molecular flexibility index (Phi) is 5.44. The predicted octanol–water partition coefficient (Wildman–Crippen LogP) is 5.35. The van der Waals surface area contributed by atoms with Crippen LogP contribution in [0, 0.1) is 18.3 Å². The number of anilines is 1. The number of nitrogens with zero attached hydrogens (tertiary/aromatic N) is 3. The van der Waals surface area contributed by atoms with Crippen LogP contribution in [-0.2, 0) is 0 Å². The van der Waals surface area contributed by atoms with Gasteiger partial charge in [-0.1, -0.05) is 37.5 Å². The minimum Gasteiger partial charge on any atom is -0.321 e. The summed E-state index contributed by atoms with van der Waals surface area (Å²) in [5.74, 6) is 0.420. The lowest BCUT2D eigenvalue weighted by molar-refractivity contribution is 0.101. The smallest absolute Gasteiger partial charge is 0.274 e. The van der Waals surface area contributed by atoms with E-state index in [4.69, 9.17) is 5.26 Å². The highest BCUT2D eigenvalue weighted by Crippen LogP contribution is 2.33. The van der Waals surface area contributed by atoms with Gasteiger partial charge >= 0.3 is 0 Å². The molecule has 0 bridgehead atoms. The molecule has 1 aromatic heterocycles. The van der Waals surface area contributed by atoms with Gasteiger partial charge < -0.3 is 5.32 Å². The fourth-order valence-corrected chi connectivity index (χ4v) is 4.03. The van der Waals surface area contributed by atoms with Gasteiger partial charge in [0.25, 0.3) is 5.91 Å². The van der Waals surface area contributed by atoms with E-state index < -0.39 is 0 Å². The van der Waals surface area contributed by atoms with E-state index in [0.29, 0.717) is 22.9 Å². The van der Waals surface area contributed by atoms with Gasteiger partial charge in [-0.3, -0.25) is 4.79 Å². The van der Waals surface area contributed by atoms with Crippen LogP contribution in [0.15, 0.2) is 54.6 Å². The number of amides is 1. The number of nitriles is 1. The Bertz CT molecular complexity index is 1050. The number of hydrogen-bond acceptors (Lipinski definition) is 3. The molecule has 5 heteroatoms. The van der Waals surface area contributed by atoms with E-state index in [1.54, 1.807) is 28.9 Å². The number of benzene rings is 2. The molecule has 0 aliphatic heterocycles. The number of hydrogen-bond donors (Lipinski definition) is 1. The Morgan fingerprint density at radius 1 is 1.10 bits per heavy atom. The van der Waals surface area contributed by atoms with Crippen molar-refractivity contribution in [3.63, 3.8) is 0 Å². The third-order valence-electron chi connectivity index (χ3n) is 5.53. The van der Waals surface area contributed by atoms with Crippen molar-refractivity contribution in [1.29, 1.82) is 5.26 Å². The normalized spacial score (nSPS) is 14.3. The summed E-state index contributed by atoms with van der Waals surface area (Å²) in [7, 11) is 0. The Balaban J connectivity index is 1.54. The summed E-state index contributed by atoms with van der Waals surface area (Å²) < 4.78 is 1.59.